The fourth-order valence-corrected chi connectivity index (χ4v) is 1.38. The van der Waals surface area contributed by atoms with Gasteiger partial charge in [0.05, 0.1) is 5.69 Å². The number of nitrogens with zero attached hydrogens (tertiary/aromatic N) is 3. The molecule has 1 aromatic carbocycles. The summed E-state index contributed by atoms with van der Waals surface area (Å²) in [6.45, 7) is 0. The molecule has 0 saturated heterocycles. The molecule has 6 nitrogen and oxygen atoms in total. The fraction of sp³-hybridized carbons (Fsp3) is 0.0909. The second-order valence-corrected chi connectivity index (χ2v) is 3.38. The Hall–Kier alpha value is -2.50. The van der Waals surface area contributed by atoms with Crippen LogP contribution in [0.25, 0.3) is 5.69 Å². The Labute approximate surface area is 96.5 Å². The van der Waals surface area contributed by atoms with Gasteiger partial charge in [0.2, 0.25) is 0 Å². The molecule has 0 spiro atoms. The minimum absolute atomic E-state index is 0.372. The van der Waals surface area contributed by atoms with Crippen molar-refractivity contribution in [1.82, 2.24) is 14.8 Å². The zero-order valence-corrected chi connectivity index (χ0v) is 8.78. The minimum atomic E-state index is -1.13. The molecule has 0 unspecified atom stereocenters. The maximum absolute atomic E-state index is 11.4. The SMILES string of the molecule is O=C(O)CC(=O)c1ccc(-n2cncn2)cc1. The Morgan fingerprint density at radius 3 is 2.47 bits per heavy atom. The van der Waals surface area contributed by atoms with E-state index in [0.29, 0.717) is 5.56 Å². The first-order chi connectivity index (χ1) is 8.16. The second-order valence-electron chi connectivity index (χ2n) is 3.38. The van der Waals surface area contributed by atoms with Crippen LogP contribution in [0.5, 0.6) is 0 Å². The van der Waals surface area contributed by atoms with E-state index < -0.39 is 18.2 Å². The van der Waals surface area contributed by atoms with E-state index in [4.69, 9.17) is 5.11 Å². The Morgan fingerprint density at radius 1 is 1.24 bits per heavy atom. The lowest BCUT2D eigenvalue weighted by molar-refractivity contribution is -0.135. The lowest BCUT2D eigenvalue weighted by atomic mass is 10.1. The summed E-state index contributed by atoms with van der Waals surface area (Å²) in [7, 11) is 0. The van der Waals surface area contributed by atoms with Crippen molar-refractivity contribution in [2.45, 2.75) is 6.42 Å². The zero-order chi connectivity index (χ0) is 12.3. The molecule has 0 aliphatic heterocycles. The van der Waals surface area contributed by atoms with Gasteiger partial charge in [-0.3, -0.25) is 9.59 Å². The molecule has 0 bridgehead atoms. The maximum atomic E-state index is 11.4. The third kappa shape index (κ3) is 2.54. The van der Waals surface area contributed by atoms with Crippen molar-refractivity contribution in [1.29, 1.82) is 0 Å². The van der Waals surface area contributed by atoms with Gasteiger partial charge in [0.25, 0.3) is 0 Å². The number of aromatic nitrogens is 3. The Balaban J connectivity index is 2.19. The quantitative estimate of drug-likeness (QED) is 0.624. The van der Waals surface area contributed by atoms with Gasteiger partial charge in [0.15, 0.2) is 5.78 Å². The highest BCUT2D eigenvalue weighted by Gasteiger charge is 2.10. The van der Waals surface area contributed by atoms with Crippen LogP contribution in [-0.2, 0) is 4.79 Å². The zero-order valence-electron chi connectivity index (χ0n) is 8.78. The van der Waals surface area contributed by atoms with Crippen molar-refractivity contribution in [3.63, 3.8) is 0 Å². The van der Waals surface area contributed by atoms with Crippen molar-refractivity contribution in [2.24, 2.45) is 0 Å². The second kappa shape index (κ2) is 4.56. The lowest BCUT2D eigenvalue weighted by Gasteiger charge is -2.01. The van der Waals surface area contributed by atoms with Gasteiger partial charge in [-0.15, -0.1) is 0 Å². The molecule has 0 atom stereocenters. The number of ketones is 1. The summed E-state index contributed by atoms with van der Waals surface area (Å²) in [5, 5.41) is 12.4. The summed E-state index contributed by atoms with van der Waals surface area (Å²) < 4.78 is 1.55. The Kier molecular flexibility index (Phi) is 2.95. The van der Waals surface area contributed by atoms with Gasteiger partial charge in [-0.2, -0.15) is 5.10 Å². The highest BCUT2D eigenvalue weighted by Crippen LogP contribution is 2.09. The molecule has 17 heavy (non-hydrogen) atoms. The predicted molar refractivity (Wildman–Crippen MR) is 57.9 cm³/mol. The molecule has 1 heterocycles. The van der Waals surface area contributed by atoms with E-state index in [-0.39, 0.29) is 0 Å². The number of hydrogen-bond donors (Lipinski definition) is 1. The van der Waals surface area contributed by atoms with Gasteiger partial charge < -0.3 is 5.11 Å². The van der Waals surface area contributed by atoms with E-state index in [0.717, 1.165) is 5.69 Å². The van der Waals surface area contributed by atoms with Gasteiger partial charge in [-0.05, 0) is 24.3 Å². The number of rotatable bonds is 4. The van der Waals surface area contributed by atoms with Crippen molar-refractivity contribution in [2.75, 3.05) is 0 Å². The normalized spacial score (nSPS) is 10.1. The Bertz CT molecular complexity index is 532. The lowest BCUT2D eigenvalue weighted by Crippen LogP contribution is -2.07. The van der Waals surface area contributed by atoms with Crippen LogP contribution in [0.4, 0.5) is 0 Å². The molecule has 0 radical (unpaired) electrons. The first-order valence-corrected chi connectivity index (χ1v) is 4.87. The van der Waals surface area contributed by atoms with E-state index in [9.17, 15) is 9.59 Å². The molecule has 2 aromatic rings. The number of aliphatic carboxylic acids is 1. The average molecular weight is 231 g/mol. The molecule has 1 N–H and O–H groups in total. The van der Waals surface area contributed by atoms with Gasteiger partial charge in [-0.25, -0.2) is 9.67 Å². The molecule has 1 aromatic heterocycles. The number of hydrogen-bond acceptors (Lipinski definition) is 4. The maximum Gasteiger partial charge on any atom is 0.311 e. The van der Waals surface area contributed by atoms with E-state index in [1.807, 2.05) is 0 Å². The summed E-state index contributed by atoms with van der Waals surface area (Å²) in [5.74, 6) is -1.54. The number of Topliss-reactive ketones (excluding diaryl/α,β-unsaturated/α-hetero) is 1. The summed E-state index contributed by atoms with van der Waals surface area (Å²) in [4.78, 5) is 25.6. The number of carbonyl (C=O) groups is 2. The van der Waals surface area contributed by atoms with E-state index in [1.165, 1.54) is 12.7 Å². The summed E-state index contributed by atoms with van der Waals surface area (Å²) in [6.07, 6.45) is 2.44. The van der Waals surface area contributed by atoms with Gasteiger partial charge in [-0.1, -0.05) is 0 Å². The van der Waals surface area contributed by atoms with Gasteiger partial charge >= 0.3 is 5.97 Å². The molecular formula is C11H9N3O3. The van der Waals surface area contributed by atoms with E-state index in [1.54, 1.807) is 28.9 Å². The fourth-order valence-electron chi connectivity index (χ4n) is 1.38. The van der Waals surface area contributed by atoms with E-state index >= 15 is 0 Å². The monoisotopic (exact) mass is 231 g/mol. The number of benzene rings is 1. The van der Waals surface area contributed by atoms with Crippen LogP contribution < -0.4 is 0 Å². The van der Waals surface area contributed by atoms with Crippen LogP contribution in [0.3, 0.4) is 0 Å². The molecular weight excluding hydrogens is 222 g/mol. The third-order valence-electron chi connectivity index (χ3n) is 2.18. The van der Waals surface area contributed by atoms with Gasteiger partial charge in [0.1, 0.15) is 19.1 Å². The molecule has 0 aliphatic carbocycles. The molecule has 6 heteroatoms. The largest absolute Gasteiger partial charge is 0.481 e. The topological polar surface area (TPSA) is 85.1 Å². The molecule has 2 rings (SSSR count). The van der Waals surface area contributed by atoms with Crippen LogP contribution in [-0.4, -0.2) is 31.6 Å². The summed E-state index contributed by atoms with van der Waals surface area (Å²) in [5.41, 5.74) is 1.13. The van der Waals surface area contributed by atoms with Crippen molar-refractivity contribution in [3.8, 4) is 5.69 Å². The van der Waals surface area contributed by atoms with Gasteiger partial charge in [0, 0.05) is 5.56 Å². The highest BCUT2D eigenvalue weighted by atomic mass is 16.4. The highest BCUT2D eigenvalue weighted by molar-refractivity contribution is 6.05. The molecule has 0 aliphatic rings. The third-order valence-corrected chi connectivity index (χ3v) is 2.18. The Morgan fingerprint density at radius 2 is 1.94 bits per heavy atom. The summed E-state index contributed by atoms with van der Waals surface area (Å²) >= 11 is 0. The van der Waals surface area contributed by atoms with E-state index in [2.05, 4.69) is 10.1 Å². The number of carboxylic acid groups (broad SMARTS) is 1. The number of carbonyl (C=O) groups excluding carboxylic acids is 1. The summed E-state index contributed by atoms with van der Waals surface area (Å²) in [6, 6.07) is 6.51. The molecule has 0 fully saturated rings. The van der Waals surface area contributed by atoms with Crippen molar-refractivity contribution in [3.05, 3.63) is 42.5 Å². The smallest absolute Gasteiger partial charge is 0.311 e. The van der Waals surface area contributed by atoms with Crippen LogP contribution >= 0.6 is 0 Å². The van der Waals surface area contributed by atoms with Crippen LogP contribution in [0.1, 0.15) is 16.8 Å². The first kappa shape index (κ1) is 11.0. The van der Waals surface area contributed by atoms with Crippen LogP contribution in [0.15, 0.2) is 36.9 Å². The molecule has 0 saturated carbocycles. The standard InChI is InChI=1S/C11H9N3O3/c15-10(5-11(16)17)8-1-3-9(4-2-8)14-7-12-6-13-14/h1-4,6-7H,5H2,(H,16,17). The van der Waals surface area contributed by atoms with Crippen molar-refractivity contribution >= 4 is 11.8 Å². The number of carboxylic acids is 1. The minimum Gasteiger partial charge on any atom is -0.481 e. The van der Waals surface area contributed by atoms with Crippen molar-refractivity contribution < 1.29 is 14.7 Å². The molecule has 86 valence electrons. The van der Waals surface area contributed by atoms with Crippen LogP contribution in [0.2, 0.25) is 0 Å². The first-order valence-electron chi connectivity index (χ1n) is 4.87. The molecule has 0 amide bonds. The average Bonchev–Trinajstić information content (AvgIpc) is 2.82. The van der Waals surface area contributed by atoms with Crippen LogP contribution in [0, 0.1) is 0 Å². The predicted octanol–water partition coefficient (Wildman–Crippen LogP) is 0.925.